The summed E-state index contributed by atoms with van der Waals surface area (Å²) in [4.78, 5) is 27.7. The molecule has 1 spiro atoms. The van der Waals surface area contributed by atoms with Crippen LogP contribution >= 0.6 is 0 Å². The molecule has 0 aromatic heterocycles. The summed E-state index contributed by atoms with van der Waals surface area (Å²) >= 11 is 0. The maximum atomic E-state index is 12.8. The van der Waals surface area contributed by atoms with Crippen LogP contribution in [0.25, 0.3) is 0 Å². The summed E-state index contributed by atoms with van der Waals surface area (Å²) in [5.74, 6) is 4.66. The van der Waals surface area contributed by atoms with Crippen molar-refractivity contribution in [2.75, 3.05) is 6.54 Å². The molecule has 0 aromatic rings. The van der Waals surface area contributed by atoms with Crippen molar-refractivity contribution in [3.05, 3.63) is 11.6 Å². The highest BCUT2D eigenvalue weighted by molar-refractivity contribution is 5.81. The van der Waals surface area contributed by atoms with E-state index >= 15 is 0 Å². The zero-order valence-electron chi connectivity index (χ0n) is 24.4. The van der Waals surface area contributed by atoms with E-state index in [9.17, 15) is 9.59 Å². The number of carbonyl (C=O) groups is 2. The molecule has 0 aromatic carbocycles. The number of allylic oxidation sites excluding steroid dienone is 2. The third-order valence-electron chi connectivity index (χ3n) is 13.1. The zero-order valence-corrected chi connectivity index (χ0v) is 24.4. The first-order chi connectivity index (χ1) is 17.5. The highest BCUT2D eigenvalue weighted by Crippen LogP contribution is 2.71. The number of hydrogen-bond donors (Lipinski definition) is 0. The summed E-state index contributed by atoms with van der Waals surface area (Å²) < 4.78 is 7.13. The third kappa shape index (κ3) is 3.62. The van der Waals surface area contributed by atoms with Crippen LogP contribution in [0, 0.1) is 52.3 Å². The molecule has 0 N–H and O–H groups in total. The molecule has 2 saturated heterocycles. The quantitative estimate of drug-likeness (QED) is 0.379. The SMILES string of the molecule is CCCC(=O)C1CCC2(C)C(=CCC3C2CC[C@@]2(C)C3CC3OC4(CCC(C)CN4C(C)=O)C(C)C32)C1. The van der Waals surface area contributed by atoms with Crippen molar-refractivity contribution < 1.29 is 14.3 Å². The maximum absolute atomic E-state index is 12.8. The van der Waals surface area contributed by atoms with E-state index in [1.54, 1.807) is 12.5 Å². The molecule has 5 fully saturated rings. The first-order valence-electron chi connectivity index (χ1n) is 15.7. The van der Waals surface area contributed by atoms with Gasteiger partial charge in [0.2, 0.25) is 5.91 Å². The fraction of sp³-hybridized carbons (Fsp3) is 0.879. The molecule has 0 bridgehead atoms. The Bertz CT molecular complexity index is 988. The minimum absolute atomic E-state index is 0.190. The van der Waals surface area contributed by atoms with Gasteiger partial charge in [-0.05, 0) is 105 Å². The van der Waals surface area contributed by atoms with Gasteiger partial charge in [0.15, 0.2) is 0 Å². The smallest absolute Gasteiger partial charge is 0.221 e. The molecule has 2 heterocycles. The zero-order chi connectivity index (χ0) is 26.3. The Morgan fingerprint density at radius 1 is 1.08 bits per heavy atom. The molecule has 10 unspecified atom stereocenters. The minimum Gasteiger partial charge on any atom is -0.352 e. The van der Waals surface area contributed by atoms with Gasteiger partial charge in [-0.25, -0.2) is 0 Å². The van der Waals surface area contributed by atoms with E-state index in [0.29, 0.717) is 41.0 Å². The maximum Gasteiger partial charge on any atom is 0.221 e. The van der Waals surface area contributed by atoms with Gasteiger partial charge < -0.3 is 9.64 Å². The summed E-state index contributed by atoms with van der Waals surface area (Å²) in [7, 11) is 0. The molecular weight excluding hydrogens is 458 g/mol. The lowest BCUT2D eigenvalue weighted by atomic mass is 9.46. The molecule has 4 aliphatic carbocycles. The largest absolute Gasteiger partial charge is 0.352 e. The molecule has 6 aliphatic rings. The first-order valence-corrected chi connectivity index (χ1v) is 15.7. The van der Waals surface area contributed by atoms with E-state index in [0.717, 1.165) is 56.9 Å². The van der Waals surface area contributed by atoms with Crippen molar-refractivity contribution in [3.8, 4) is 0 Å². The minimum atomic E-state index is -0.381. The Hall–Kier alpha value is -1.16. The van der Waals surface area contributed by atoms with Crippen LogP contribution in [0.2, 0.25) is 0 Å². The molecular formula is C33H51NO3. The van der Waals surface area contributed by atoms with Crippen molar-refractivity contribution in [1.82, 2.24) is 4.90 Å². The van der Waals surface area contributed by atoms with E-state index in [1.165, 1.54) is 32.1 Å². The fourth-order valence-corrected chi connectivity index (χ4v) is 11.2. The molecule has 6 rings (SSSR count). The van der Waals surface area contributed by atoms with Crippen LogP contribution in [-0.2, 0) is 14.3 Å². The second-order valence-corrected chi connectivity index (χ2v) is 14.8. The number of carbonyl (C=O) groups excluding carboxylic acids is 2. The van der Waals surface area contributed by atoms with Crippen LogP contribution in [0.5, 0.6) is 0 Å². The van der Waals surface area contributed by atoms with Crippen LogP contribution in [0.1, 0.15) is 112 Å². The Kier molecular flexibility index (Phi) is 6.30. The highest BCUT2D eigenvalue weighted by Gasteiger charge is 2.69. The Morgan fingerprint density at radius 2 is 1.86 bits per heavy atom. The van der Waals surface area contributed by atoms with E-state index in [1.807, 2.05) is 0 Å². The van der Waals surface area contributed by atoms with E-state index in [-0.39, 0.29) is 23.0 Å². The second-order valence-electron chi connectivity index (χ2n) is 14.8. The number of ketones is 1. The predicted molar refractivity (Wildman–Crippen MR) is 147 cm³/mol. The van der Waals surface area contributed by atoms with Crippen molar-refractivity contribution in [3.63, 3.8) is 0 Å². The molecule has 4 heteroatoms. The molecule has 2 aliphatic heterocycles. The van der Waals surface area contributed by atoms with Crippen LogP contribution in [-0.4, -0.2) is 35.0 Å². The average molecular weight is 510 g/mol. The van der Waals surface area contributed by atoms with Crippen LogP contribution < -0.4 is 0 Å². The number of piperidine rings is 1. The third-order valence-corrected chi connectivity index (χ3v) is 13.1. The van der Waals surface area contributed by atoms with Crippen molar-refractivity contribution in [1.29, 1.82) is 0 Å². The van der Waals surface area contributed by atoms with Crippen LogP contribution in [0.15, 0.2) is 11.6 Å². The normalized spacial score (nSPS) is 50.6. The predicted octanol–water partition coefficient (Wildman–Crippen LogP) is 7.17. The number of ether oxygens (including phenoxy) is 1. The summed E-state index contributed by atoms with van der Waals surface area (Å²) in [5, 5.41) is 0. The monoisotopic (exact) mass is 509 g/mol. The first kappa shape index (κ1) is 26.1. The number of fused-ring (bicyclic) bond motifs is 7. The van der Waals surface area contributed by atoms with E-state index < -0.39 is 0 Å². The van der Waals surface area contributed by atoms with Crippen molar-refractivity contribution in [2.24, 2.45) is 52.3 Å². The number of Topliss-reactive ketones (excluding diaryl/α,β-unsaturated/α-hetero) is 1. The van der Waals surface area contributed by atoms with Gasteiger partial charge in [-0.15, -0.1) is 0 Å². The van der Waals surface area contributed by atoms with Gasteiger partial charge in [0.05, 0.1) is 6.10 Å². The van der Waals surface area contributed by atoms with E-state index in [2.05, 4.69) is 45.6 Å². The summed E-state index contributed by atoms with van der Waals surface area (Å²) in [6.07, 6.45) is 15.1. The van der Waals surface area contributed by atoms with Crippen LogP contribution in [0.4, 0.5) is 0 Å². The van der Waals surface area contributed by atoms with Gasteiger partial charge >= 0.3 is 0 Å². The van der Waals surface area contributed by atoms with Crippen LogP contribution in [0.3, 0.4) is 0 Å². The highest BCUT2D eigenvalue weighted by atomic mass is 16.5. The lowest BCUT2D eigenvalue weighted by molar-refractivity contribution is -0.200. The van der Waals surface area contributed by atoms with Gasteiger partial charge in [0.1, 0.15) is 11.5 Å². The van der Waals surface area contributed by atoms with Crippen molar-refractivity contribution >= 4 is 11.7 Å². The molecule has 206 valence electrons. The fourth-order valence-electron chi connectivity index (χ4n) is 11.2. The Morgan fingerprint density at radius 3 is 2.59 bits per heavy atom. The standard InChI is InChI=1S/C33H51NO3/c1-7-8-28(36)23-12-14-31(5)24(17-23)9-10-25-26(31)13-15-32(6)27(25)18-29-30(32)21(3)33(37-29)16-11-20(2)19-34(33)22(4)35/h9,20-21,23,25-27,29-30H,7-8,10-19H2,1-6H3/t20?,21?,23?,25?,26?,27?,29?,30?,31?,32-,33?/m0/s1. The second kappa shape index (κ2) is 8.93. The Balaban J connectivity index is 1.25. The molecule has 4 nitrogen and oxygen atoms in total. The molecule has 37 heavy (non-hydrogen) atoms. The van der Waals surface area contributed by atoms with Gasteiger partial charge in [0.25, 0.3) is 0 Å². The Labute approximate surface area is 225 Å². The number of rotatable bonds is 3. The lowest BCUT2D eigenvalue weighted by Gasteiger charge is -2.59. The molecule has 3 saturated carbocycles. The van der Waals surface area contributed by atoms with Gasteiger partial charge in [-0.3, -0.25) is 9.59 Å². The summed E-state index contributed by atoms with van der Waals surface area (Å²) in [6.45, 7) is 14.6. The van der Waals surface area contributed by atoms with Crippen molar-refractivity contribution in [2.45, 2.75) is 124 Å². The summed E-state index contributed by atoms with van der Waals surface area (Å²) in [5.41, 5.74) is 1.82. The lowest BCUT2D eigenvalue weighted by Crippen LogP contribution is -2.60. The summed E-state index contributed by atoms with van der Waals surface area (Å²) in [6, 6.07) is 0. The molecule has 1 amide bonds. The van der Waals surface area contributed by atoms with Gasteiger partial charge in [0, 0.05) is 31.7 Å². The number of hydrogen-bond acceptors (Lipinski definition) is 3. The number of nitrogens with zero attached hydrogens (tertiary/aromatic N) is 1. The topological polar surface area (TPSA) is 46.6 Å². The van der Waals surface area contributed by atoms with Gasteiger partial charge in [-0.1, -0.05) is 46.3 Å². The number of amides is 1. The van der Waals surface area contributed by atoms with Gasteiger partial charge in [-0.2, -0.15) is 0 Å². The number of likely N-dealkylation sites (tertiary alicyclic amines) is 1. The average Bonchev–Trinajstić information content (AvgIpc) is 3.30. The van der Waals surface area contributed by atoms with E-state index in [4.69, 9.17) is 4.74 Å². The molecule has 11 atom stereocenters. The molecule has 0 radical (unpaired) electrons.